The lowest BCUT2D eigenvalue weighted by atomic mass is 10.1. The molecule has 134 valence electrons. The first-order valence-corrected chi connectivity index (χ1v) is 9.09. The second-order valence-electron chi connectivity index (χ2n) is 6.47. The molecule has 0 unspecified atom stereocenters. The van der Waals surface area contributed by atoms with Crippen LogP contribution < -0.4 is 0 Å². The van der Waals surface area contributed by atoms with Gasteiger partial charge in [0, 0.05) is 49.6 Å². The molecular weight excluding hydrogens is 350 g/mol. The smallest absolute Gasteiger partial charge is 0.259 e. The molecule has 0 N–H and O–H groups in total. The van der Waals surface area contributed by atoms with Crippen molar-refractivity contribution in [2.75, 3.05) is 26.2 Å². The van der Waals surface area contributed by atoms with E-state index < -0.39 is 0 Å². The maximum absolute atomic E-state index is 12.9. The van der Waals surface area contributed by atoms with Crippen LogP contribution in [-0.2, 0) is 0 Å². The summed E-state index contributed by atoms with van der Waals surface area (Å²) in [5.74, 6) is -0.0104. The Morgan fingerprint density at radius 3 is 2.69 bits per heavy atom. The average Bonchev–Trinajstić information content (AvgIpc) is 3.11. The molecule has 0 bridgehead atoms. The Balaban J connectivity index is 1.45. The van der Waals surface area contributed by atoms with E-state index in [1.807, 2.05) is 23.1 Å². The van der Waals surface area contributed by atoms with Crippen molar-refractivity contribution in [2.45, 2.75) is 13.0 Å². The number of hydrogen-bond acceptors (Lipinski definition) is 4. The van der Waals surface area contributed by atoms with E-state index in [-0.39, 0.29) is 11.9 Å². The van der Waals surface area contributed by atoms with Crippen LogP contribution in [0.15, 0.2) is 48.9 Å². The first kappa shape index (κ1) is 17.0. The second-order valence-corrected chi connectivity index (χ2v) is 6.88. The molecule has 3 heterocycles. The van der Waals surface area contributed by atoms with Crippen molar-refractivity contribution in [1.29, 1.82) is 0 Å². The van der Waals surface area contributed by atoms with Gasteiger partial charge in [-0.2, -0.15) is 5.10 Å². The van der Waals surface area contributed by atoms with Crippen LogP contribution in [0.5, 0.6) is 0 Å². The largest absolute Gasteiger partial charge is 0.336 e. The van der Waals surface area contributed by atoms with Crippen LogP contribution in [-0.4, -0.2) is 56.5 Å². The Bertz CT molecular complexity index is 932. The lowest BCUT2D eigenvalue weighted by Crippen LogP contribution is -2.49. The molecule has 1 aliphatic heterocycles. The summed E-state index contributed by atoms with van der Waals surface area (Å²) < 4.78 is 1.63. The van der Waals surface area contributed by atoms with Crippen molar-refractivity contribution in [1.82, 2.24) is 24.4 Å². The van der Waals surface area contributed by atoms with Crippen LogP contribution in [0, 0.1) is 0 Å². The van der Waals surface area contributed by atoms with Gasteiger partial charge in [-0.1, -0.05) is 29.8 Å². The summed E-state index contributed by atoms with van der Waals surface area (Å²) >= 11 is 6.33. The van der Waals surface area contributed by atoms with Crippen LogP contribution in [0.1, 0.15) is 28.9 Å². The highest BCUT2D eigenvalue weighted by atomic mass is 35.5. The van der Waals surface area contributed by atoms with Gasteiger partial charge < -0.3 is 4.90 Å². The fourth-order valence-electron chi connectivity index (χ4n) is 3.47. The maximum atomic E-state index is 12.9. The van der Waals surface area contributed by atoms with Gasteiger partial charge in [0.2, 0.25) is 0 Å². The van der Waals surface area contributed by atoms with Crippen LogP contribution >= 0.6 is 11.6 Å². The van der Waals surface area contributed by atoms with Gasteiger partial charge in [-0.15, -0.1) is 0 Å². The third kappa shape index (κ3) is 3.06. The van der Waals surface area contributed by atoms with Gasteiger partial charge in [-0.05, 0) is 24.6 Å². The Kier molecular flexibility index (Phi) is 4.61. The molecule has 1 fully saturated rings. The Labute approximate surface area is 157 Å². The number of benzene rings is 1. The van der Waals surface area contributed by atoms with E-state index in [0.717, 1.165) is 23.7 Å². The van der Waals surface area contributed by atoms with Gasteiger partial charge in [0.15, 0.2) is 5.65 Å². The number of rotatable bonds is 3. The minimum atomic E-state index is -0.0104. The number of carbonyl (C=O) groups is 1. The number of fused-ring (bicyclic) bond motifs is 1. The minimum absolute atomic E-state index is 0.0104. The molecule has 3 aromatic rings. The molecule has 1 atom stereocenters. The molecule has 1 saturated heterocycles. The highest BCUT2D eigenvalue weighted by molar-refractivity contribution is 6.31. The van der Waals surface area contributed by atoms with Gasteiger partial charge in [0.25, 0.3) is 5.91 Å². The minimum Gasteiger partial charge on any atom is -0.336 e. The molecule has 2 aromatic heterocycles. The van der Waals surface area contributed by atoms with Gasteiger partial charge >= 0.3 is 0 Å². The third-order valence-corrected chi connectivity index (χ3v) is 5.36. The van der Waals surface area contributed by atoms with Gasteiger partial charge in [-0.25, -0.2) is 9.50 Å². The zero-order valence-corrected chi connectivity index (χ0v) is 15.3. The third-order valence-electron chi connectivity index (χ3n) is 5.01. The fourth-order valence-corrected chi connectivity index (χ4v) is 3.76. The predicted molar refractivity (Wildman–Crippen MR) is 100 cm³/mol. The number of hydrogen-bond donors (Lipinski definition) is 0. The zero-order valence-electron chi connectivity index (χ0n) is 14.5. The second kappa shape index (κ2) is 7.05. The molecule has 26 heavy (non-hydrogen) atoms. The van der Waals surface area contributed by atoms with Crippen molar-refractivity contribution in [2.24, 2.45) is 0 Å². The first-order chi connectivity index (χ1) is 12.6. The Hall–Kier alpha value is -2.44. The number of amides is 1. The highest BCUT2D eigenvalue weighted by Gasteiger charge is 2.27. The van der Waals surface area contributed by atoms with E-state index in [0.29, 0.717) is 24.3 Å². The summed E-state index contributed by atoms with van der Waals surface area (Å²) in [5.41, 5.74) is 2.28. The lowest BCUT2D eigenvalue weighted by molar-refractivity contribution is 0.0583. The van der Waals surface area contributed by atoms with E-state index in [1.54, 1.807) is 29.2 Å². The van der Waals surface area contributed by atoms with E-state index in [9.17, 15) is 4.79 Å². The molecular formula is C19H20ClN5O. The number of carbonyl (C=O) groups excluding carboxylic acids is 1. The molecule has 0 aliphatic carbocycles. The summed E-state index contributed by atoms with van der Waals surface area (Å²) in [6.45, 7) is 5.14. The van der Waals surface area contributed by atoms with Crippen molar-refractivity contribution in [3.8, 4) is 0 Å². The van der Waals surface area contributed by atoms with E-state index in [2.05, 4.69) is 28.0 Å². The van der Waals surface area contributed by atoms with Crippen LogP contribution in [0.4, 0.5) is 0 Å². The maximum Gasteiger partial charge on any atom is 0.259 e. The number of halogens is 1. The molecule has 0 radical (unpaired) electrons. The predicted octanol–water partition coefficient (Wildman–Crippen LogP) is 2.90. The molecule has 0 saturated carbocycles. The number of nitrogens with zero attached hydrogens (tertiary/aromatic N) is 5. The molecule has 1 amide bonds. The fraction of sp³-hybridized carbons (Fsp3) is 0.316. The van der Waals surface area contributed by atoms with E-state index >= 15 is 0 Å². The topological polar surface area (TPSA) is 53.7 Å². The lowest BCUT2D eigenvalue weighted by Gasteiger charge is -2.38. The summed E-state index contributed by atoms with van der Waals surface area (Å²) in [6, 6.07) is 9.96. The normalized spacial score (nSPS) is 16.8. The molecule has 6 nitrogen and oxygen atoms in total. The molecule has 1 aromatic carbocycles. The van der Waals surface area contributed by atoms with E-state index in [1.165, 1.54) is 0 Å². The van der Waals surface area contributed by atoms with Crippen molar-refractivity contribution in [3.05, 3.63) is 65.1 Å². The zero-order chi connectivity index (χ0) is 18.1. The van der Waals surface area contributed by atoms with Gasteiger partial charge in [0.05, 0.1) is 6.20 Å². The standard InChI is InChI=1S/C19H20ClN5O/c1-14(15-5-2-3-6-17(15)20)23-9-11-24(12-10-23)19(26)16-13-22-25-8-4-7-21-18(16)25/h2-8,13-14H,9-12H2,1H3/t14-/m1/s1. The first-order valence-electron chi connectivity index (χ1n) is 8.71. The summed E-state index contributed by atoms with van der Waals surface area (Å²) in [4.78, 5) is 21.4. The molecule has 4 rings (SSSR count). The molecule has 0 spiro atoms. The van der Waals surface area contributed by atoms with Crippen molar-refractivity contribution < 1.29 is 4.79 Å². The highest BCUT2D eigenvalue weighted by Crippen LogP contribution is 2.28. The average molecular weight is 370 g/mol. The van der Waals surface area contributed by atoms with Crippen molar-refractivity contribution >= 4 is 23.2 Å². The Morgan fingerprint density at radius 1 is 1.15 bits per heavy atom. The van der Waals surface area contributed by atoms with Crippen molar-refractivity contribution in [3.63, 3.8) is 0 Å². The molecule has 1 aliphatic rings. The SMILES string of the molecule is C[C@H](c1ccccc1Cl)N1CCN(C(=O)c2cnn3cccnc23)CC1. The van der Waals surface area contributed by atoms with E-state index in [4.69, 9.17) is 11.6 Å². The molecule has 7 heteroatoms. The quantitative estimate of drug-likeness (QED) is 0.712. The van der Waals surface area contributed by atoms with Gasteiger partial charge in [-0.3, -0.25) is 9.69 Å². The number of piperazine rings is 1. The number of aromatic nitrogens is 3. The Morgan fingerprint density at radius 2 is 1.92 bits per heavy atom. The summed E-state index contributed by atoms with van der Waals surface area (Å²) in [5, 5.41) is 5.00. The van der Waals surface area contributed by atoms with Gasteiger partial charge in [0.1, 0.15) is 5.56 Å². The summed E-state index contributed by atoms with van der Waals surface area (Å²) in [6.07, 6.45) is 5.07. The van der Waals surface area contributed by atoms with Crippen LogP contribution in [0.3, 0.4) is 0 Å². The monoisotopic (exact) mass is 369 g/mol. The van der Waals surface area contributed by atoms with Crippen LogP contribution in [0.2, 0.25) is 5.02 Å². The van der Waals surface area contributed by atoms with Crippen LogP contribution in [0.25, 0.3) is 5.65 Å². The summed E-state index contributed by atoms with van der Waals surface area (Å²) in [7, 11) is 0.